The van der Waals surface area contributed by atoms with Gasteiger partial charge in [0.2, 0.25) is 5.43 Å². The molecule has 5 rings (SSSR count). The summed E-state index contributed by atoms with van der Waals surface area (Å²) in [7, 11) is 0. The molecule has 6 nitrogen and oxygen atoms in total. The summed E-state index contributed by atoms with van der Waals surface area (Å²) in [6, 6.07) is 1.26. The lowest BCUT2D eigenvalue weighted by Crippen LogP contribution is -2.53. The number of carboxylic acids is 1. The molecule has 0 bridgehead atoms. The van der Waals surface area contributed by atoms with Crippen molar-refractivity contribution in [2.45, 2.75) is 36.2 Å². The molecule has 1 aromatic carbocycles. The van der Waals surface area contributed by atoms with Crippen LogP contribution in [0.2, 0.25) is 0 Å². The number of halogens is 1. The number of rotatable bonds is 2. The number of anilines is 1. The van der Waals surface area contributed by atoms with E-state index in [1.165, 1.54) is 12.3 Å². The molecule has 1 aromatic heterocycles. The second kappa shape index (κ2) is 5.72. The first kappa shape index (κ1) is 17.1. The fourth-order valence-electron chi connectivity index (χ4n) is 4.29. The van der Waals surface area contributed by atoms with E-state index >= 15 is 4.39 Å². The Hall–Kier alpha value is -2.06. The molecule has 27 heavy (non-hydrogen) atoms. The summed E-state index contributed by atoms with van der Waals surface area (Å²) in [5.74, 6) is -1.01. The van der Waals surface area contributed by atoms with Crippen LogP contribution in [0.1, 0.15) is 36.2 Å². The van der Waals surface area contributed by atoms with Gasteiger partial charge in [-0.05, 0) is 25.8 Å². The molecule has 8 heteroatoms. The average molecular weight is 389 g/mol. The SMILES string of the molecule is CC1CSc2c(N3CCNC4(CC4)C3)c(F)cc3c(=O)c(C(=O)O)cn1c23. The number of benzene rings is 1. The van der Waals surface area contributed by atoms with Crippen LogP contribution in [0.3, 0.4) is 0 Å². The Morgan fingerprint density at radius 1 is 1.44 bits per heavy atom. The number of carbonyl (C=O) groups is 1. The van der Waals surface area contributed by atoms with Gasteiger partial charge in [0.25, 0.3) is 0 Å². The maximum Gasteiger partial charge on any atom is 0.341 e. The minimum Gasteiger partial charge on any atom is -0.477 e. The first-order valence-electron chi connectivity index (χ1n) is 9.18. The normalized spacial score (nSPS) is 23.0. The van der Waals surface area contributed by atoms with E-state index in [0.717, 1.165) is 30.8 Å². The highest BCUT2D eigenvalue weighted by molar-refractivity contribution is 7.99. The summed E-state index contributed by atoms with van der Waals surface area (Å²) in [6.07, 6.45) is 3.62. The van der Waals surface area contributed by atoms with Gasteiger partial charge < -0.3 is 19.9 Å². The molecule has 2 aliphatic heterocycles. The number of hydrogen-bond donors (Lipinski definition) is 2. The van der Waals surface area contributed by atoms with E-state index < -0.39 is 17.2 Å². The fourth-order valence-corrected chi connectivity index (χ4v) is 5.58. The molecule has 2 fully saturated rings. The first-order chi connectivity index (χ1) is 12.9. The third kappa shape index (κ3) is 2.50. The van der Waals surface area contributed by atoms with Gasteiger partial charge in [0.1, 0.15) is 11.4 Å². The molecule has 1 saturated carbocycles. The number of aromatic carboxylic acids is 1. The van der Waals surface area contributed by atoms with Crippen molar-refractivity contribution >= 4 is 34.3 Å². The van der Waals surface area contributed by atoms with Crippen molar-refractivity contribution in [3.63, 3.8) is 0 Å². The summed E-state index contributed by atoms with van der Waals surface area (Å²) < 4.78 is 17.1. The number of nitrogens with one attached hydrogen (secondary N) is 1. The number of carboxylic acid groups (broad SMARTS) is 1. The fraction of sp³-hybridized carbons (Fsp3) is 0.474. The maximum absolute atomic E-state index is 15.2. The lowest BCUT2D eigenvalue weighted by Gasteiger charge is -2.38. The van der Waals surface area contributed by atoms with Crippen LogP contribution in [0, 0.1) is 5.82 Å². The van der Waals surface area contributed by atoms with Gasteiger partial charge in [0.15, 0.2) is 0 Å². The standard InChI is InChI=1S/C19H20FN3O3S/c1-10-8-27-17-14-11(16(24)12(18(25)26)7-23(10)14)6-13(20)15(17)22-5-4-21-19(9-22)2-3-19/h6-7,10,21H,2-5,8-9H2,1H3,(H,25,26). The van der Waals surface area contributed by atoms with Gasteiger partial charge in [-0.3, -0.25) is 4.79 Å². The summed E-state index contributed by atoms with van der Waals surface area (Å²) in [6.45, 7) is 4.27. The number of piperazine rings is 1. The highest BCUT2D eigenvalue weighted by Crippen LogP contribution is 2.46. The average Bonchev–Trinajstić information content (AvgIpc) is 3.37. The van der Waals surface area contributed by atoms with E-state index in [1.807, 2.05) is 11.5 Å². The molecule has 0 radical (unpaired) electrons. The molecule has 2 N–H and O–H groups in total. The molecule has 1 spiro atoms. The molecule has 1 aliphatic carbocycles. The second-order valence-electron chi connectivity index (χ2n) is 7.81. The lowest BCUT2D eigenvalue weighted by molar-refractivity contribution is 0.0694. The summed E-state index contributed by atoms with van der Waals surface area (Å²) >= 11 is 1.56. The van der Waals surface area contributed by atoms with Gasteiger partial charge in [-0.25, -0.2) is 9.18 Å². The minimum absolute atomic E-state index is 0.0276. The maximum atomic E-state index is 15.2. The van der Waals surface area contributed by atoms with Crippen LogP contribution in [0.15, 0.2) is 22.0 Å². The summed E-state index contributed by atoms with van der Waals surface area (Å²) in [5.41, 5.74) is 0.399. The van der Waals surface area contributed by atoms with E-state index in [2.05, 4.69) is 10.2 Å². The number of hydrogen-bond acceptors (Lipinski definition) is 5. The zero-order valence-corrected chi connectivity index (χ0v) is 15.7. The van der Waals surface area contributed by atoms with Crippen molar-refractivity contribution in [1.82, 2.24) is 9.88 Å². The van der Waals surface area contributed by atoms with Gasteiger partial charge in [-0.2, -0.15) is 0 Å². The van der Waals surface area contributed by atoms with Crippen molar-refractivity contribution in [2.75, 3.05) is 30.3 Å². The predicted molar refractivity (Wildman–Crippen MR) is 103 cm³/mol. The zero-order valence-electron chi connectivity index (χ0n) is 14.9. The van der Waals surface area contributed by atoms with Crippen molar-refractivity contribution in [3.05, 3.63) is 33.9 Å². The van der Waals surface area contributed by atoms with E-state index in [9.17, 15) is 14.7 Å². The third-order valence-corrected chi connectivity index (χ3v) is 7.24. The Bertz CT molecular complexity index is 1050. The molecule has 1 atom stereocenters. The van der Waals surface area contributed by atoms with Gasteiger partial charge >= 0.3 is 5.97 Å². The largest absolute Gasteiger partial charge is 0.477 e. The van der Waals surface area contributed by atoms with E-state index in [0.29, 0.717) is 23.5 Å². The van der Waals surface area contributed by atoms with Crippen molar-refractivity contribution in [3.8, 4) is 0 Å². The van der Waals surface area contributed by atoms with Crippen LogP contribution in [0.4, 0.5) is 10.1 Å². The predicted octanol–water partition coefficient (Wildman–Crippen LogP) is 2.45. The quantitative estimate of drug-likeness (QED) is 0.822. The van der Waals surface area contributed by atoms with Crippen LogP contribution < -0.4 is 15.6 Å². The topological polar surface area (TPSA) is 74.6 Å². The number of pyridine rings is 1. The second-order valence-corrected chi connectivity index (χ2v) is 8.84. The molecule has 3 aliphatic rings. The van der Waals surface area contributed by atoms with Crippen LogP contribution in [-0.4, -0.2) is 46.6 Å². The van der Waals surface area contributed by atoms with Gasteiger partial charge in [-0.1, -0.05) is 0 Å². The Kier molecular flexibility index (Phi) is 3.61. The minimum atomic E-state index is -1.28. The highest BCUT2D eigenvalue weighted by atomic mass is 32.2. The Balaban J connectivity index is 1.77. The lowest BCUT2D eigenvalue weighted by atomic mass is 10.1. The van der Waals surface area contributed by atoms with Crippen LogP contribution in [-0.2, 0) is 0 Å². The smallest absolute Gasteiger partial charge is 0.341 e. The van der Waals surface area contributed by atoms with E-state index in [1.54, 1.807) is 11.8 Å². The van der Waals surface area contributed by atoms with Crippen molar-refractivity contribution < 1.29 is 14.3 Å². The Labute approximate surface area is 159 Å². The zero-order chi connectivity index (χ0) is 18.9. The van der Waals surface area contributed by atoms with Gasteiger partial charge in [-0.15, -0.1) is 11.8 Å². The molecular weight excluding hydrogens is 369 g/mol. The third-order valence-electron chi connectivity index (χ3n) is 5.92. The van der Waals surface area contributed by atoms with Crippen molar-refractivity contribution in [2.24, 2.45) is 0 Å². The number of thioether (sulfide) groups is 1. The van der Waals surface area contributed by atoms with Crippen molar-refractivity contribution in [1.29, 1.82) is 0 Å². The van der Waals surface area contributed by atoms with Gasteiger partial charge in [0.05, 0.1) is 21.5 Å². The van der Waals surface area contributed by atoms with E-state index in [-0.39, 0.29) is 22.5 Å². The number of aromatic nitrogens is 1. The Morgan fingerprint density at radius 2 is 2.22 bits per heavy atom. The summed E-state index contributed by atoms with van der Waals surface area (Å²) in [4.78, 5) is 27.0. The molecule has 1 unspecified atom stereocenters. The first-order valence-corrected chi connectivity index (χ1v) is 10.2. The molecule has 1 saturated heterocycles. The van der Waals surface area contributed by atoms with Crippen LogP contribution in [0.25, 0.3) is 10.9 Å². The molecule has 2 aromatic rings. The van der Waals surface area contributed by atoms with Gasteiger partial charge in [0, 0.05) is 43.2 Å². The van der Waals surface area contributed by atoms with E-state index in [4.69, 9.17) is 0 Å². The molecule has 0 amide bonds. The molecule has 3 heterocycles. The van der Waals surface area contributed by atoms with Crippen LogP contribution >= 0.6 is 11.8 Å². The van der Waals surface area contributed by atoms with Crippen LogP contribution in [0.5, 0.6) is 0 Å². The highest BCUT2D eigenvalue weighted by Gasteiger charge is 2.46. The number of nitrogens with zero attached hydrogens (tertiary/aromatic N) is 2. The summed E-state index contributed by atoms with van der Waals surface area (Å²) in [5, 5.41) is 13.1. The molecular formula is C19H20FN3O3S. The Morgan fingerprint density at radius 3 is 2.93 bits per heavy atom. The molecule has 142 valence electrons. The monoisotopic (exact) mass is 389 g/mol.